The molecule has 1 aliphatic heterocycles. The summed E-state index contributed by atoms with van der Waals surface area (Å²) in [4.78, 5) is 27.3. The molecule has 0 saturated carbocycles. The van der Waals surface area contributed by atoms with Crippen molar-refractivity contribution in [1.29, 1.82) is 0 Å². The number of nitrogens with zero attached hydrogens (tertiary/aromatic N) is 1. The van der Waals surface area contributed by atoms with Crippen LogP contribution in [0, 0.1) is 5.92 Å². The zero-order valence-corrected chi connectivity index (χ0v) is 18.1. The summed E-state index contributed by atoms with van der Waals surface area (Å²) in [5.41, 5.74) is -1.32. The van der Waals surface area contributed by atoms with Gasteiger partial charge in [0.05, 0.1) is 6.10 Å². The van der Waals surface area contributed by atoms with Gasteiger partial charge in [0.2, 0.25) is 0 Å². The Kier molecular flexibility index (Phi) is 7.90. The maximum Gasteiger partial charge on any atom is 0.411 e. The molecule has 1 aliphatic rings. The first-order valence-electron chi connectivity index (χ1n) is 9.84. The SMILES string of the molecule is CC=C[C@@H]1C[C@@H](C(=O)OC(C)(C)C)N(C(=O)OC(C)(C)C)[C@@H]1CC(O)CC. The number of amides is 1. The van der Waals surface area contributed by atoms with Gasteiger partial charge >= 0.3 is 12.1 Å². The number of aliphatic hydroxyl groups is 1. The highest BCUT2D eigenvalue weighted by Gasteiger charge is 2.49. The van der Waals surface area contributed by atoms with E-state index in [-0.39, 0.29) is 12.0 Å². The number of rotatable bonds is 5. The Labute approximate surface area is 163 Å². The number of hydrogen-bond donors (Lipinski definition) is 1. The molecule has 0 spiro atoms. The average Bonchev–Trinajstić information content (AvgIpc) is 2.83. The smallest absolute Gasteiger partial charge is 0.411 e. The molecule has 1 amide bonds. The van der Waals surface area contributed by atoms with E-state index in [2.05, 4.69) is 0 Å². The van der Waals surface area contributed by atoms with Crippen molar-refractivity contribution >= 4 is 12.1 Å². The van der Waals surface area contributed by atoms with Gasteiger partial charge in [0.25, 0.3) is 0 Å². The van der Waals surface area contributed by atoms with Crippen LogP contribution >= 0.6 is 0 Å². The van der Waals surface area contributed by atoms with Crippen molar-refractivity contribution in [1.82, 2.24) is 4.90 Å². The van der Waals surface area contributed by atoms with Crippen molar-refractivity contribution in [3.05, 3.63) is 12.2 Å². The van der Waals surface area contributed by atoms with Gasteiger partial charge in [0.15, 0.2) is 0 Å². The van der Waals surface area contributed by atoms with Gasteiger partial charge in [-0.3, -0.25) is 4.90 Å². The lowest BCUT2D eigenvalue weighted by molar-refractivity contribution is -0.160. The summed E-state index contributed by atoms with van der Waals surface area (Å²) in [5.74, 6) is -0.474. The third-order valence-corrected chi connectivity index (χ3v) is 4.39. The molecule has 4 atom stereocenters. The van der Waals surface area contributed by atoms with Crippen molar-refractivity contribution in [2.75, 3.05) is 0 Å². The van der Waals surface area contributed by atoms with Crippen LogP contribution in [0.15, 0.2) is 12.2 Å². The second-order valence-electron chi connectivity index (χ2n) is 9.23. The lowest BCUT2D eigenvalue weighted by Gasteiger charge is -2.34. The Morgan fingerprint density at radius 2 is 1.70 bits per heavy atom. The number of carbonyl (C=O) groups is 2. The maximum atomic E-state index is 13.0. The second kappa shape index (κ2) is 9.09. The van der Waals surface area contributed by atoms with Crippen LogP contribution in [0.4, 0.5) is 4.79 Å². The van der Waals surface area contributed by atoms with Crippen LogP contribution in [0.25, 0.3) is 0 Å². The van der Waals surface area contributed by atoms with Crippen LogP contribution in [0.2, 0.25) is 0 Å². The zero-order valence-electron chi connectivity index (χ0n) is 18.1. The lowest BCUT2D eigenvalue weighted by Crippen LogP contribution is -2.50. The summed E-state index contributed by atoms with van der Waals surface area (Å²) < 4.78 is 11.1. The molecule has 0 aromatic carbocycles. The minimum atomic E-state index is -0.727. The number of ether oxygens (including phenoxy) is 2. The molecule has 0 bridgehead atoms. The predicted molar refractivity (Wildman–Crippen MR) is 105 cm³/mol. The van der Waals surface area contributed by atoms with Crippen molar-refractivity contribution in [2.24, 2.45) is 5.92 Å². The fourth-order valence-electron chi connectivity index (χ4n) is 3.31. The van der Waals surface area contributed by atoms with Crippen LogP contribution < -0.4 is 0 Å². The normalized spacial score (nSPS) is 24.9. The molecule has 0 aromatic rings. The fourth-order valence-corrected chi connectivity index (χ4v) is 3.31. The van der Waals surface area contributed by atoms with E-state index < -0.39 is 35.4 Å². The number of hydrogen-bond acceptors (Lipinski definition) is 5. The molecule has 1 N–H and O–H groups in total. The first-order valence-corrected chi connectivity index (χ1v) is 9.84. The number of aliphatic hydroxyl groups excluding tert-OH is 1. The van der Waals surface area contributed by atoms with Crippen LogP contribution in [-0.2, 0) is 14.3 Å². The topological polar surface area (TPSA) is 76.1 Å². The number of esters is 1. The van der Waals surface area contributed by atoms with E-state index in [1.165, 1.54) is 4.90 Å². The number of allylic oxidation sites excluding steroid dienone is 1. The van der Waals surface area contributed by atoms with Gasteiger partial charge in [0.1, 0.15) is 17.2 Å². The highest BCUT2D eigenvalue weighted by Crippen LogP contribution is 2.36. The molecular weight excluding hydrogens is 346 g/mol. The van der Waals surface area contributed by atoms with Crippen molar-refractivity contribution in [3.63, 3.8) is 0 Å². The van der Waals surface area contributed by atoms with Crippen LogP contribution in [-0.4, -0.2) is 51.5 Å². The molecule has 6 heteroatoms. The van der Waals surface area contributed by atoms with E-state index in [4.69, 9.17) is 9.47 Å². The third-order valence-electron chi connectivity index (χ3n) is 4.39. The van der Waals surface area contributed by atoms with E-state index in [9.17, 15) is 14.7 Å². The summed E-state index contributed by atoms with van der Waals surface area (Å²) in [6.07, 6.45) is 4.25. The van der Waals surface area contributed by atoms with Crippen LogP contribution in [0.5, 0.6) is 0 Å². The molecule has 0 radical (unpaired) electrons. The van der Waals surface area contributed by atoms with E-state index in [1.54, 1.807) is 41.5 Å². The Morgan fingerprint density at radius 3 is 2.15 bits per heavy atom. The monoisotopic (exact) mass is 383 g/mol. The van der Waals surface area contributed by atoms with Crippen molar-refractivity contribution in [3.8, 4) is 0 Å². The predicted octanol–water partition coefficient (Wildman–Crippen LogP) is 4.06. The highest BCUT2D eigenvalue weighted by molar-refractivity contribution is 5.83. The first-order chi connectivity index (χ1) is 12.3. The zero-order chi connectivity index (χ0) is 21.0. The third kappa shape index (κ3) is 7.17. The van der Waals surface area contributed by atoms with Crippen LogP contribution in [0.3, 0.4) is 0 Å². The molecule has 0 aromatic heterocycles. The standard InChI is InChI=1S/C21H37NO5/c1-9-11-14-12-17(18(24)26-20(3,4)5)22(16(14)13-15(23)10-2)19(25)27-21(6,7)8/h9,11,14-17,23H,10,12-13H2,1-8H3/t14-,15?,16-,17+/m1/s1. The van der Waals surface area contributed by atoms with E-state index in [1.807, 2.05) is 26.0 Å². The molecule has 1 fully saturated rings. The molecule has 1 heterocycles. The number of carbonyl (C=O) groups excluding carboxylic acids is 2. The van der Waals surface area contributed by atoms with Gasteiger partial charge in [-0.25, -0.2) is 9.59 Å². The van der Waals surface area contributed by atoms with E-state index in [0.29, 0.717) is 19.3 Å². The maximum absolute atomic E-state index is 13.0. The molecule has 156 valence electrons. The molecule has 1 unspecified atom stereocenters. The summed E-state index contributed by atoms with van der Waals surface area (Å²) >= 11 is 0. The minimum absolute atomic E-state index is 0.0405. The second-order valence-corrected chi connectivity index (χ2v) is 9.23. The number of likely N-dealkylation sites (tertiary alicyclic amines) is 1. The summed E-state index contributed by atoms with van der Waals surface area (Å²) in [5, 5.41) is 10.2. The highest BCUT2D eigenvalue weighted by atomic mass is 16.6. The van der Waals surface area contributed by atoms with Gasteiger partial charge in [-0.2, -0.15) is 0 Å². The van der Waals surface area contributed by atoms with Gasteiger partial charge in [0, 0.05) is 12.0 Å². The molecule has 6 nitrogen and oxygen atoms in total. The van der Waals surface area contributed by atoms with Gasteiger partial charge in [-0.05, 0) is 67.7 Å². The molecule has 27 heavy (non-hydrogen) atoms. The van der Waals surface area contributed by atoms with E-state index >= 15 is 0 Å². The largest absolute Gasteiger partial charge is 0.458 e. The Hall–Kier alpha value is -1.56. The molecule has 1 saturated heterocycles. The lowest BCUT2D eigenvalue weighted by atomic mass is 9.93. The van der Waals surface area contributed by atoms with Gasteiger partial charge < -0.3 is 14.6 Å². The summed E-state index contributed by atoms with van der Waals surface area (Å²) in [6.45, 7) is 14.6. The van der Waals surface area contributed by atoms with Crippen LogP contribution in [0.1, 0.15) is 74.7 Å². The van der Waals surface area contributed by atoms with Crippen molar-refractivity contribution in [2.45, 2.75) is 104 Å². The molecule has 1 rings (SSSR count). The molecular formula is C21H37NO5. The first kappa shape index (κ1) is 23.5. The van der Waals surface area contributed by atoms with E-state index in [0.717, 1.165) is 0 Å². The minimum Gasteiger partial charge on any atom is -0.458 e. The Bertz CT molecular complexity index is 544. The average molecular weight is 384 g/mol. The van der Waals surface area contributed by atoms with Gasteiger partial charge in [-0.1, -0.05) is 19.1 Å². The summed E-state index contributed by atoms with van der Waals surface area (Å²) in [7, 11) is 0. The van der Waals surface area contributed by atoms with Crippen molar-refractivity contribution < 1.29 is 24.2 Å². The fraction of sp³-hybridized carbons (Fsp3) is 0.810. The molecule has 0 aliphatic carbocycles. The summed E-state index contributed by atoms with van der Waals surface area (Å²) in [6, 6.07) is -1.04. The Balaban J connectivity index is 3.24. The van der Waals surface area contributed by atoms with Gasteiger partial charge in [-0.15, -0.1) is 0 Å². The quantitative estimate of drug-likeness (QED) is 0.572. The Morgan fingerprint density at radius 1 is 1.15 bits per heavy atom.